The highest BCUT2D eigenvalue weighted by atomic mass is 79.9. The molecule has 0 unspecified atom stereocenters. The van der Waals surface area contributed by atoms with Crippen molar-refractivity contribution >= 4 is 27.6 Å². The molecule has 1 aromatic carbocycles. The summed E-state index contributed by atoms with van der Waals surface area (Å²) in [5.74, 6) is -0.431. The third kappa shape index (κ3) is 5.07. The maximum absolute atomic E-state index is 13.4. The first-order valence-electron chi connectivity index (χ1n) is 6.12. The molecule has 0 fully saturated rings. The molecule has 0 aliphatic rings. The molecule has 5 nitrogen and oxygen atoms in total. The fraction of sp³-hybridized carbons (Fsp3) is 0.462. The SMILES string of the molecule is Cc1cc(Br)c(F)cc1NC(=O)N(C)CCOCCO. The number of hydrogen-bond acceptors (Lipinski definition) is 3. The largest absolute Gasteiger partial charge is 0.394 e. The van der Waals surface area contributed by atoms with Crippen molar-refractivity contribution in [3.8, 4) is 0 Å². The van der Waals surface area contributed by atoms with Crippen LogP contribution in [0.25, 0.3) is 0 Å². The third-order valence-corrected chi connectivity index (χ3v) is 3.27. The van der Waals surface area contributed by atoms with Crippen LogP contribution in [0.2, 0.25) is 0 Å². The lowest BCUT2D eigenvalue weighted by Crippen LogP contribution is -2.34. The van der Waals surface area contributed by atoms with E-state index >= 15 is 0 Å². The number of ether oxygens (including phenoxy) is 1. The minimum atomic E-state index is -0.431. The van der Waals surface area contributed by atoms with Crippen LogP contribution in [0.15, 0.2) is 16.6 Å². The summed E-state index contributed by atoms with van der Waals surface area (Å²) < 4.78 is 18.9. The molecule has 112 valence electrons. The Balaban J connectivity index is 2.55. The van der Waals surface area contributed by atoms with Crippen molar-refractivity contribution in [2.75, 3.05) is 38.7 Å². The van der Waals surface area contributed by atoms with E-state index in [-0.39, 0.29) is 19.2 Å². The maximum atomic E-state index is 13.4. The second-order valence-corrected chi connectivity index (χ2v) is 5.12. The van der Waals surface area contributed by atoms with E-state index in [0.717, 1.165) is 5.56 Å². The van der Waals surface area contributed by atoms with Crippen LogP contribution in [0.1, 0.15) is 5.56 Å². The van der Waals surface area contributed by atoms with E-state index in [9.17, 15) is 9.18 Å². The van der Waals surface area contributed by atoms with Crippen molar-refractivity contribution < 1.29 is 19.0 Å². The number of urea groups is 1. The zero-order valence-corrected chi connectivity index (χ0v) is 13.0. The maximum Gasteiger partial charge on any atom is 0.321 e. The molecule has 0 heterocycles. The molecule has 0 aliphatic carbocycles. The van der Waals surface area contributed by atoms with Gasteiger partial charge in [0.05, 0.1) is 24.3 Å². The van der Waals surface area contributed by atoms with Crippen molar-refractivity contribution in [2.45, 2.75) is 6.92 Å². The number of anilines is 1. The first kappa shape index (κ1) is 16.9. The number of aliphatic hydroxyl groups excluding tert-OH is 1. The van der Waals surface area contributed by atoms with Crippen molar-refractivity contribution in [3.05, 3.63) is 28.0 Å². The molecular weight excluding hydrogens is 331 g/mol. The predicted molar refractivity (Wildman–Crippen MR) is 78.4 cm³/mol. The molecule has 0 saturated carbocycles. The van der Waals surface area contributed by atoms with Gasteiger partial charge in [0.15, 0.2) is 0 Å². The highest BCUT2D eigenvalue weighted by Crippen LogP contribution is 2.24. The quantitative estimate of drug-likeness (QED) is 0.776. The van der Waals surface area contributed by atoms with Gasteiger partial charge in [0.2, 0.25) is 0 Å². The smallest absolute Gasteiger partial charge is 0.321 e. The van der Waals surface area contributed by atoms with E-state index in [1.54, 1.807) is 20.0 Å². The minimum Gasteiger partial charge on any atom is -0.394 e. The lowest BCUT2D eigenvalue weighted by atomic mass is 10.2. The van der Waals surface area contributed by atoms with Gasteiger partial charge in [0.25, 0.3) is 0 Å². The Labute approximate surface area is 125 Å². The normalized spacial score (nSPS) is 10.4. The average Bonchev–Trinajstić information content (AvgIpc) is 2.40. The lowest BCUT2D eigenvalue weighted by molar-refractivity contribution is 0.0833. The van der Waals surface area contributed by atoms with Gasteiger partial charge >= 0.3 is 6.03 Å². The molecule has 7 heteroatoms. The summed E-state index contributed by atoms with van der Waals surface area (Å²) in [6.45, 7) is 2.69. The van der Waals surface area contributed by atoms with Gasteiger partial charge in [-0.1, -0.05) is 0 Å². The molecule has 0 aliphatic heterocycles. The van der Waals surface area contributed by atoms with Gasteiger partial charge in [-0.05, 0) is 40.5 Å². The van der Waals surface area contributed by atoms with E-state index in [2.05, 4.69) is 21.2 Å². The summed E-state index contributed by atoms with van der Waals surface area (Å²) in [6.07, 6.45) is 0. The van der Waals surface area contributed by atoms with Gasteiger partial charge in [-0.15, -0.1) is 0 Å². The molecule has 2 N–H and O–H groups in total. The van der Waals surface area contributed by atoms with E-state index < -0.39 is 5.82 Å². The molecule has 0 radical (unpaired) electrons. The third-order valence-electron chi connectivity index (χ3n) is 2.66. The number of amides is 2. The summed E-state index contributed by atoms with van der Waals surface area (Å²) in [4.78, 5) is 13.3. The van der Waals surface area contributed by atoms with Crippen LogP contribution in [0.3, 0.4) is 0 Å². The van der Waals surface area contributed by atoms with Crippen molar-refractivity contribution in [1.82, 2.24) is 4.90 Å². The predicted octanol–water partition coefficient (Wildman–Crippen LogP) is 2.37. The molecule has 0 atom stereocenters. The van der Waals surface area contributed by atoms with Crippen molar-refractivity contribution in [3.63, 3.8) is 0 Å². The molecule has 1 rings (SSSR count). The van der Waals surface area contributed by atoms with Crippen LogP contribution in [-0.4, -0.2) is 49.5 Å². The number of likely N-dealkylation sites (N-methyl/N-ethyl adjacent to an activating group) is 1. The first-order chi connectivity index (χ1) is 9.45. The minimum absolute atomic E-state index is 0.0483. The van der Waals surface area contributed by atoms with Crippen LogP contribution in [0, 0.1) is 12.7 Å². The summed E-state index contributed by atoms with van der Waals surface area (Å²) >= 11 is 3.09. The molecule has 0 spiro atoms. The van der Waals surface area contributed by atoms with E-state index in [1.165, 1.54) is 11.0 Å². The molecule has 20 heavy (non-hydrogen) atoms. The topological polar surface area (TPSA) is 61.8 Å². The number of nitrogens with one attached hydrogen (secondary N) is 1. The van der Waals surface area contributed by atoms with Gasteiger partial charge in [0, 0.05) is 19.3 Å². The van der Waals surface area contributed by atoms with Crippen LogP contribution >= 0.6 is 15.9 Å². The fourth-order valence-electron chi connectivity index (χ4n) is 1.46. The van der Waals surface area contributed by atoms with Gasteiger partial charge in [-0.2, -0.15) is 0 Å². The monoisotopic (exact) mass is 348 g/mol. The summed E-state index contributed by atoms with van der Waals surface area (Å²) in [6, 6.07) is 2.53. The Morgan fingerprint density at radius 2 is 2.20 bits per heavy atom. The Morgan fingerprint density at radius 1 is 1.50 bits per heavy atom. The number of aliphatic hydroxyl groups is 1. The van der Waals surface area contributed by atoms with Gasteiger partial charge in [-0.25, -0.2) is 9.18 Å². The highest BCUT2D eigenvalue weighted by Gasteiger charge is 2.12. The van der Waals surface area contributed by atoms with Crippen LogP contribution in [-0.2, 0) is 4.74 Å². The lowest BCUT2D eigenvalue weighted by Gasteiger charge is -2.19. The van der Waals surface area contributed by atoms with Gasteiger partial charge in [-0.3, -0.25) is 0 Å². The number of halogens is 2. The number of carbonyl (C=O) groups is 1. The number of benzene rings is 1. The first-order valence-corrected chi connectivity index (χ1v) is 6.91. The van der Waals surface area contributed by atoms with E-state index in [4.69, 9.17) is 9.84 Å². The number of aryl methyl sites for hydroxylation is 1. The standard InChI is InChI=1S/C13H18BrFN2O3/c1-9-7-10(14)11(15)8-12(9)16-13(19)17(2)3-5-20-6-4-18/h7-8,18H,3-6H2,1-2H3,(H,16,19). The Hall–Kier alpha value is -1.18. The molecular formula is C13H18BrFN2O3. The average molecular weight is 349 g/mol. The van der Waals surface area contributed by atoms with Crippen LogP contribution in [0.4, 0.5) is 14.9 Å². The number of nitrogens with zero attached hydrogens (tertiary/aromatic N) is 1. The van der Waals surface area contributed by atoms with E-state index in [0.29, 0.717) is 23.3 Å². The summed E-state index contributed by atoms with van der Waals surface area (Å²) in [7, 11) is 1.61. The van der Waals surface area contributed by atoms with Crippen LogP contribution in [0.5, 0.6) is 0 Å². The zero-order valence-electron chi connectivity index (χ0n) is 11.4. The number of carbonyl (C=O) groups excluding carboxylic acids is 1. The van der Waals surface area contributed by atoms with Crippen molar-refractivity contribution in [1.29, 1.82) is 0 Å². The zero-order chi connectivity index (χ0) is 15.1. The second-order valence-electron chi connectivity index (χ2n) is 4.27. The summed E-state index contributed by atoms with van der Waals surface area (Å²) in [5.41, 5.74) is 1.19. The molecule has 2 amide bonds. The Bertz CT molecular complexity index is 471. The van der Waals surface area contributed by atoms with Crippen LogP contribution < -0.4 is 5.32 Å². The van der Waals surface area contributed by atoms with Gasteiger partial charge < -0.3 is 20.1 Å². The second kappa shape index (κ2) is 8.18. The molecule has 0 bridgehead atoms. The van der Waals surface area contributed by atoms with E-state index in [1.807, 2.05) is 0 Å². The van der Waals surface area contributed by atoms with Gasteiger partial charge in [0.1, 0.15) is 5.82 Å². The number of hydrogen-bond donors (Lipinski definition) is 2. The Morgan fingerprint density at radius 3 is 2.85 bits per heavy atom. The Kier molecular flexibility index (Phi) is 6.90. The molecule has 0 aromatic heterocycles. The fourth-order valence-corrected chi connectivity index (χ4v) is 1.92. The highest BCUT2D eigenvalue weighted by molar-refractivity contribution is 9.10. The molecule has 1 aromatic rings. The number of rotatable bonds is 6. The molecule has 0 saturated heterocycles. The van der Waals surface area contributed by atoms with Crippen molar-refractivity contribution in [2.24, 2.45) is 0 Å². The summed E-state index contributed by atoms with van der Waals surface area (Å²) in [5, 5.41) is 11.2.